The molecule has 0 aliphatic rings. The number of hydrogen-bond donors (Lipinski definition) is 2. The number of carboxylic acids is 1. The monoisotopic (exact) mass is 230 g/mol. The van der Waals surface area contributed by atoms with Crippen LogP contribution in [0.5, 0.6) is 0 Å². The molecule has 0 rings (SSSR count). The summed E-state index contributed by atoms with van der Waals surface area (Å²) in [7, 11) is 1.65. The summed E-state index contributed by atoms with van der Waals surface area (Å²) < 4.78 is 0. The van der Waals surface area contributed by atoms with Crippen LogP contribution in [0.2, 0.25) is 0 Å². The van der Waals surface area contributed by atoms with Gasteiger partial charge in [0.1, 0.15) is 6.04 Å². The summed E-state index contributed by atoms with van der Waals surface area (Å²) in [5.74, 6) is -0.759. The van der Waals surface area contributed by atoms with Crippen LogP contribution < -0.4 is 5.32 Å². The number of amides is 2. The minimum atomic E-state index is -0.987. The summed E-state index contributed by atoms with van der Waals surface area (Å²) in [6, 6.07) is -1.11. The number of rotatable bonds is 5. The minimum Gasteiger partial charge on any atom is -0.480 e. The topological polar surface area (TPSA) is 69.6 Å². The summed E-state index contributed by atoms with van der Waals surface area (Å²) in [4.78, 5) is 24.0. The first-order valence-electron chi connectivity index (χ1n) is 5.51. The van der Waals surface area contributed by atoms with Crippen LogP contribution in [0.3, 0.4) is 0 Å². The molecule has 0 aliphatic heterocycles. The van der Waals surface area contributed by atoms with Gasteiger partial charge in [0.05, 0.1) is 0 Å². The van der Waals surface area contributed by atoms with Gasteiger partial charge in [-0.15, -0.1) is 0 Å². The highest BCUT2D eigenvalue weighted by molar-refractivity contribution is 5.82. The predicted octanol–water partition coefficient (Wildman–Crippen LogP) is 1.54. The average Bonchev–Trinajstić information content (AvgIpc) is 2.14. The first-order chi connectivity index (χ1) is 7.25. The van der Waals surface area contributed by atoms with Gasteiger partial charge in [0.2, 0.25) is 0 Å². The van der Waals surface area contributed by atoms with Crippen LogP contribution in [-0.2, 0) is 4.79 Å². The fraction of sp³-hybridized carbons (Fsp3) is 0.818. The molecular formula is C11H22N2O3. The number of carbonyl (C=O) groups excluding carboxylic acids is 1. The second-order valence-corrected chi connectivity index (χ2v) is 4.67. The Hall–Kier alpha value is -1.26. The zero-order chi connectivity index (χ0) is 12.9. The molecule has 16 heavy (non-hydrogen) atoms. The highest BCUT2D eigenvalue weighted by Gasteiger charge is 2.23. The Bertz CT molecular complexity index is 252. The first-order valence-corrected chi connectivity index (χ1v) is 5.51. The van der Waals surface area contributed by atoms with E-state index >= 15 is 0 Å². The number of carboxylic acid groups (broad SMARTS) is 1. The van der Waals surface area contributed by atoms with E-state index in [9.17, 15) is 9.59 Å². The van der Waals surface area contributed by atoms with E-state index in [2.05, 4.69) is 5.32 Å². The smallest absolute Gasteiger partial charge is 0.326 e. The van der Waals surface area contributed by atoms with E-state index in [1.165, 1.54) is 4.90 Å². The van der Waals surface area contributed by atoms with Gasteiger partial charge in [-0.2, -0.15) is 0 Å². The quantitative estimate of drug-likeness (QED) is 0.752. The molecule has 0 aromatic heterocycles. The highest BCUT2D eigenvalue weighted by atomic mass is 16.4. The Morgan fingerprint density at radius 2 is 1.75 bits per heavy atom. The molecule has 1 atom stereocenters. The van der Waals surface area contributed by atoms with Gasteiger partial charge in [-0.25, -0.2) is 9.59 Å². The van der Waals surface area contributed by atoms with Crippen molar-refractivity contribution in [1.29, 1.82) is 0 Å². The summed E-state index contributed by atoms with van der Waals surface area (Å²) in [5.41, 5.74) is 0. The van der Waals surface area contributed by atoms with Gasteiger partial charge in [0.15, 0.2) is 0 Å². The first kappa shape index (κ1) is 14.7. The lowest BCUT2D eigenvalue weighted by molar-refractivity contribution is -0.139. The van der Waals surface area contributed by atoms with E-state index in [-0.39, 0.29) is 18.0 Å². The standard InChI is InChI=1S/C11H22N2O3/c1-7(2)6-9(10(14)15)12-11(16)13(5)8(3)4/h7-9H,6H2,1-5H3,(H,12,16)(H,14,15). The molecule has 0 aromatic carbocycles. The van der Waals surface area contributed by atoms with Gasteiger partial charge in [0, 0.05) is 13.1 Å². The maximum Gasteiger partial charge on any atom is 0.326 e. The number of carbonyl (C=O) groups is 2. The third-order valence-corrected chi connectivity index (χ3v) is 2.40. The molecule has 1 unspecified atom stereocenters. The molecule has 0 bridgehead atoms. The van der Waals surface area contributed by atoms with Crippen LogP contribution in [-0.4, -0.2) is 41.1 Å². The van der Waals surface area contributed by atoms with Gasteiger partial charge in [-0.05, 0) is 26.2 Å². The number of nitrogens with one attached hydrogen (secondary N) is 1. The van der Waals surface area contributed by atoms with Crippen molar-refractivity contribution in [2.24, 2.45) is 5.92 Å². The third kappa shape index (κ3) is 5.00. The van der Waals surface area contributed by atoms with E-state index in [1.807, 2.05) is 27.7 Å². The normalized spacial score (nSPS) is 12.7. The van der Waals surface area contributed by atoms with Crippen molar-refractivity contribution in [1.82, 2.24) is 10.2 Å². The highest BCUT2D eigenvalue weighted by Crippen LogP contribution is 2.06. The molecule has 0 saturated heterocycles. The molecule has 0 saturated carbocycles. The number of aliphatic carboxylic acids is 1. The van der Waals surface area contributed by atoms with Crippen molar-refractivity contribution in [2.75, 3.05) is 7.05 Å². The molecule has 2 N–H and O–H groups in total. The fourth-order valence-electron chi connectivity index (χ4n) is 1.18. The molecule has 0 aliphatic carbocycles. The van der Waals surface area contributed by atoms with Crippen molar-refractivity contribution < 1.29 is 14.7 Å². The van der Waals surface area contributed by atoms with Gasteiger partial charge in [0.25, 0.3) is 0 Å². The van der Waals surface area contributed by atoms with Gasteiger partial charge in [-0.1, -0.05) is 13.8 Å². The van der Waals surface area contributed by atoms with Crippen LogP contribution >= 0.6 is 0 Å². The molecule has 0 spiro atoms. The Labute approximate surface area is 96.8 Å². The number of hydrogen-bond acceptors (Lipinski definition) is 2. The van der Waals surface area contributed by atoms with Gasteiger partial charge < -0.3 is 15.3 Å². The molecule has 94 valence electrons. The van der Waals surface area contributed by atoms with Crippen molar-refractivity contribution in [3.63, 3.8) is 0 Å². The van der Waals surface area contributed by atoms with E-state index in [0.29, 0.717) is 6.42 Å². The zero-order valence-corrected chi connectivity index (χ0v) is 10.7. The molecule has 0 heterocycles. The van der Waals surface area contributed by atoms with Crippen LogP contribution in [0, 0.1) is 5.92 Å². The lowest BCUT2D eigenvalue weighted by Gasteiger charge is -2.25. The zero-order valence-electron chi connectivity index (χ0n) is 10.7. The summed E-state index contributed by atoms with van der Waals surface area (Å²) in [5, 5.41) is 11.5. The van der Waals surface area contributed by atoms with Crippen molar-refractivity contribution in [3.8, 4) is 0 Å². The van der Waals surface area contributed by atoms with Crippen LogP contribution in [0.25, 0.3) is 0 Å². The average molecular weight is 230 g/mol. The Balaban J connectivity index is 4.40. The second kappa shape index (κ2) is 6.35. The molecular weight excluding hydrogens is 208 g/mol. The Kier molecular flexibility index (Phi) is 5.85. The van der Waals surface area contributed by atoms with Crippen LogP contribution in [0.4, 0.5) is 4.79 Å². The summed E-state index contributed by atoms with van der Waals surface area (Å²) in [6.45, 7) is 7.60. The minimum absolute atomic E-state index is 0.0495. The molecule has 0 fully saturated rings. The molecule has 5 nitrogen and oxygen atoms in total. The Morgan fingerprint density at radius 1 is 1.25 bits per heavy atom. The summed E-state index contributed by atoms with van der Waals surface area (Å²) in [6.07, 6.45) is 0.438. The number of nitrogens with zero attached hydrogens (tertiary/aromatic N) is 1. The van der Waals surface area contributed by atoms with Crippen molar-refractivity contribution in [2.45, 2.75) is 46.2 Å². The summed E-state index contributed by atoms with van der Waals surface area (Å²) >= 11 is 0. The number of urea groups is 1. The third-order valence-electron chi connectivity index (χ3n) is 2.40. The Morgan fingerprint density at radius 3 is 2.06 bits per heavy atom. The predicted molar refractivity (Wildman–Crippen MR) is 62.3 cm³/mol. The molecule has 0 radical (unpaired) electrons. The molecule has 5 heteroatoms. The van der Waals surface area contributed by atoms with Crippen LogP contribution in [0.1, 0.15) is 34.1 Å². The fourth-order valence-corrected chi connectivity index (χ4v) is 1.18. The molecule has 0 aromatic rings. The maximum atomic E-state index is 11.6. The van der Waals surface area contributed by atoms with E-state index in [1.54, 1.807) is 7.05 Å². The lowest BCUT2D eigenvalue weighted by Crippen LogP contribution is -2.49. The lowest BCUT2D eigenvalue weighted by atomic mass is 10.0. The van der Waals surface area contributed by atoms with Crippen LogP contribution in [0.15, 0.2) is 0 Å². The largest absolute Gasteiger partial charge is 0.480 e. The van der Waals surface area contributed by atoms with Gasteiger partial charge >= 0.3 is 12.0 Å². The van der Waals surface area contributed by atoms with E-state index in [4.69, 9.17) is 5.11 Å². The maximum absolute atomic E-state index is 11.6. The SMILES string of the molecule is CC(C)CC(NC(=O)N(C)C(C)C)C(=O)O. The van der Waals surface area contributed by atoms with Crippen molar-refractivity contribution in [3.05, 3.63) is 0 Å². The second-order valence-electron chi connectivity index (χ2n) is 4.67. The van der Waals surface area contributed by atoms with E-state index in [0.717, 1.165) is 0 Å². The molecule has 2 amide bonds. The van der Waals surface area contributed by atoms with Crippen molar-refractivity contribution >= 4 is 12.0 Å². The van der Waals surface area contributed by atoms with E-state index < -0.39 is 12.0 Å². The van der Waals surface area contributed by atoms with Gasteiger partial charge in [-0.3, -0.25) is 0 Å².